The maximum absolute atomic E-state index is 6.31. The van der Waals surface area contributed by atoms with Crippen LogP contribution in [-0.4, -0.2) is 14.5 Å². The van der Waals surface area contributed by atoms with Gasteiger partial charge in [0.2, 0.25) is 0 Å². The molecular weight excluding hydrogens is 272 g/mol. The number of halogens is 1. The zero-order valence-electron chi connectivity index (χ0n) is 11.2. The van der Waals surface area contributed by atoms with Crippen LogP contribution in [0.1, 0.15) is 13.3 Å². The summed E-state index contributed by atoms with van der Waals surface area (Å²) in [6.45, 7) is 2.99. The number of pyridine rings is 1. The van der Waals surface area contributed by atoms with Crippen molar-refractivity contribution in [2.75, 3.05) is 5.73 Å². The van der Waals surface area contributed by atoms with Crippen LogP contribution in [0.25, 0.3) is 22.4 Å². The monoisotopic (exact) mass is 286 g/mol. The first-order valence-electron chi connectivity index (χ1n) is 6.57. The van der Waals surface area contributed by atoms with Crippen LogP contribution in [0.4, 0.5) is 5.69 Å². The Morgan fingerprint density at radius 3 is 2.90 bits per heavy atom. The van der Waals surface area contributed by atoms with Crippen molar-refractivity contribution >= 4 is 28.3 Å². The van der Waals surface area contributed by atoms with Gasteiger partial charge in [-0.05, 0) is 24.6 Å². The van der Waals surface area contributed by atoms with Gasteiger partial charge in [0.25, 0.3) is 0 Å². The van der Waals surface area contributed by atoms with Gasteiger partial charge in [0.05, 0.1) is 22.3 Å². The van der Waals surface area contributed by atoms with Crippen LogP contribution < -0.4 is 5.73 Å². The van der Waals surface area contributed by atoms with Crippen LogP contribution in [0, 0.1) is 0 Å². The molecule has 0 amide bonds. The van der Waals surface area contributed by atoms with Crippen molar-refractivity contribution < 1.29 is 0 Å². The van der Waals surface area contributed by atoms with Gasteiger partial charge in [0, 0.05) is 18.4 Å². The summed E-state index contributed by atoms with van der Waals surface area (Å²) >= 11 is 6.31. The lowest BCUT2D eigenvalue weighted by molar-refractivity contribution is 0.704. The summed E-state index contributed by atoms with van der Waals surface area (Å²) in [5.41, 5.74) is 9.42. The van der Waals surface area contributed by atoms with Gasteiger partial charge >= 0.3 is 0 Å². The highest BCUT2D eigenvalue weighted by atomic mass is 35.5. The van der Waals surface area contributed by atoms with E-state index in [-0.39, 0.29) is 0 Å². The number of nitrogens with zero attached hydrogens (tertiary/aromatic N) is 3. The van der Waals surface area contributed by atoms with Crippen LogP contribution in [0.2, 0.25) is 5.02 Å². The average Bonchev–Trinajstić information content (AvgIpc) is 2.78. The van der Waals surface area contributed by atoms with Crippen molar-refractivity contribution in [1.29, 1.82) is 0 Å². The van der Waals surface area contributed by atoms with Gasteiger partial charge in [0.1, 0.15) is 11.3 Å². The number of aromatic nitrogens is 3. The Hall–Kier alpha value is -2.07. The van der Waals surface area contributed by atoms with Gasteiger partial charge in [0.15, 0.2) is 0 Å². The highest BCUT2D eigenvalue weighted by Gasteiger charge is 2.16. The number of aryl methyl sites for hydroxylation is 1. The molecule has 3 rings (SSSR count). The van der Waals surface area contributed by atoms with Crippen LogP contribution >= 0.6 is 11.6 Å². The van der Waals surface area contributed by atoms with E-state index < -0.39 is 0 Å². The molecule has 2 aromatic heterocycles. The fraction of sp³-hybridized carbons (Fsp3) is 0.200. The zero-order chi connectivity index (χ0) is 14.1. The van der Waals surface area contributed by atoms with E-state index >= 15 is 0 Å². The van der Waals surface area contributed by atoms with E-state index in [4.69, 9.17) is 17.3 Å². The first-order valence-corrected chi connectivity index (χ1v) is 6.94. The number of imidazole rings is 1. The molecule has 0 fully saturated rings. The molecule has 0 spiro atoms. The Kier molecular flexibility index (Phi) is 3.32. The molecule has 3 aromatic rings. The molecule has 0 saturated carbocycles. The van der Waals surface area contributed by atoms with Gasteiger partial charge in [-0.25, -0.2) is 4.98 Å². The molecule has 0 aliphatic carbocycles. The van der Waals surface area contributed by atoms with Gasteiger partial charge < -0.3 is 10.3 Å². The number of anilines is 1. The van der Waals surface area contributed by atoms with E-state index in [0.717, 1.165) is 35.4 Å². The van der Waals surface area contributed by atoms with Crippen molar-refractivity contribution in [1.82, 2.24) is 14.5 Å². The van der Waals surface area contributed by atoms with Crippen molar-refractivity contribution in [2.24, 2.45) is 0 Å². The lowest BCUT2D eigenvalue weighted by Gasteiger charge is -2.11. The largest absolute Gasteiger partial charge is 0.398 e. The number of nitrogen functional groups attached to an aromatic ring is 1. The standard InChI is InChI=1S/C15H15ClN4/c1-2-8-20-13-6-7-18-9-12(13)19-15(20)14-10(16)4-3-5-11(14)17/h3-7,9H,2,8,17H2,1H3. The predicted octanol–water partition coefficient (Wildman–Crippen LogP) is 3.74. The third-order valence-electron chi connectivity index (χ3n) is 3.27. The van der Waals surface area contributed by atoms with Crippen molar-refractivity contribution in [3.8, 4) is 11.4 Å². The molecule has 0 aliphatic rings. The Morgan fingerprint density at radius 2 is 2.15 bits per heavy atom. The summed E-state index contributed by atoms with van der Waals surface area (Å²) in [5.74, 6) is 0.804. The summed E-state index contributed by atoms with van der Waals surface area (Å²) in [7, 11) is 0. The molecule has 0 radical (unpaired) electrons. The van der Waals surface area contributed by atoms with Crippen molar-refractivity contribution in [3.63, 3.8) is 0 Å². The molecule has 20 heavy (non-hydrogen) atoms. The van der Waals surface area contributed by atoms with Crippen LogP contribution in [0.5, 0.6) is 0 Å². The number of hydrogen-bond donors (Lipinski definition) is 1. The minimum absolute atomic E-state index is 0.616. The molecule has 2 N–H and O–H groups in total. The van der Waals surface area contributed by atoms with Crippen molar-refractivity contribution in [3.05, 3.63) is 41.7 Å². The fourth-order valence-corrected chi connectivity index (χ4v) is 2.67. The molecule has 5 heteroatoms. The number of benzene rings is 1. The summed E-state index contributed by atoms with van der Waals surface area (Å²) < 4.78 is 2.15. The molecule has 0 unspecified atom stereocenters. The molecule has 0 saturated heterocycles. The van der Waals surface area contributed by atoms with Gasteiger partial charge in [-0.3, -0.25) is 4.98 Å². The molecule has 0 atom stereocenters. The molecule has 102 valence electrons. The molecule has 0 bridgehead atoms. The third kappa shape index (κ3) is 2.02. The van der Waals surface area contributed by atoms with Crippen LogP contribution in [0.3, 0.4) is 0 Å². The molecule has 2 heterocycles. The molecule has 4 nitrogen and oxygen atoms in total. The Labute approximate surface area is 122 Å². The number of fused-ring (bicyclic) bond motifs is 1. The highest BCUT2D eigenvalue weighted by Crippen LogP contribution is 2.34. The topological polar surface area (TPSA) is 56.7 Å². The number of hydrogen-bond acceptors (Lipinski definition) is 3. The van der Waals surface area contributed by atoms with Crippen molar-refractivity contribution in [2.45, 2.75) is 19.9 Å². The summed E-state index contributed by atoms with van der Waals surface area (Å²) in [5, 5.41) is 0.616. The summed E-state index contributed by atoms with van der Waals surface area (Å²) in [6, 6.07) is 7.49. The zero-order valence-corrected chi connectivity index (χ0v) is 11.9. The first kappa shape index (κ1) is 12.9. The fourth-order valence-electron chi connectivity index (χ4n) is 2.40. The van der Waals surface area contributed by atoms with E-state index in [1.54, 1.807) is 12.4 Å². The van der Waals surface area contributed by atoms with E-state index in [0.29, 0.717) is 10.7 Å². The number of rotatable bonds is 3. The molecule has 0 aliphatic heterocycles. The summed E-state index contributed by atoms with van der Waals surface area (Å²) in [4.78, 5) is 8.79. The average molecular weight is 287 g/mol. The SMILES string of the molecule is CCCn1c(-c2c(N)cccc2Cl)nc2cnccc21. The second kappa shape index (κ2) is 5.13. The van der Waals surface area contributed by atoms with Gasteiger partial charge in [-0.1, -0.05) is 24.6 Å². The maximum atomic E-state index is 6.31. The minimum Gasteiger partial charge on any atom is -0.398 e. The lowest BCUT2D eigenvalue weighted by atomic mass is 10.1. The second-order valence-corrected chi connectivity index (χ2v) is 5.06. The predicted molar refractivity (Wildman–Crippen MR) is 82.7 cm³/mol. The smallest absolute Gasteiger partial charge is 0.144 e. The van der Waals surface area contributed by atoms with Crippen LogP contribution in [0.15, 0.2) is 36.7 Å². The molecular formula is C15H15ClN4. The lowest BCUT2D eigenvalue weighted by Crippen LogP contribution is -2.02. The van der Waals surface area contributed by atoms with E-state index in [1.807, 2.05) is 24.3 Å². The minimum atomic E-state index is 0.616. The molecule has 1 aromatic carbocycles. The number of nitrogens with two attached hydrogens (primary N) is 1. The Bertz CT molecular complexity index is 743. The third-order valence-corrected chi connectivity index (χ3v) is 3.58. The van der Waals surface area contributed by atoms with E-state index in [1.165, 1.54) is 0 Å². The quantitative estimate of drug-likeness (QED) is 0.746. The maximum Gasteiger partial charge on any atom is 0.144 e. The summed E-state index contributed by atoms with van der Waals surface area (Å²) in [6.07, 6.45) is 4.54. The second-order valence-electron chi connectivity index (χ2n) is 4.66. The highest BCUT2D eigenvalue weighted by molar-refractivity contribution is 6.33. The van der Waals surface area contributed by atoms with Crippen LogP contribution in [-0.2, 0) is 6.54 Å². The van der Waals surface area contributed by atoms with Gasteiger partial charge in [-0.15, -0.1) is 0 Å². The first-order chi connectivity index (χ1) is 9.72. The van der Waals surface area contributed by atoms with E-state index in [2.05, 4.69) is 21.5 Å². The Balaban J connectivity index is 2.33. The normalized spacial score (nSPS) is 11.1. The Morgan fingerprint density at radius 1 is 1.30 bits per heavy atom. The van der Waals surface area contributed by atoms with E-state index in [9.17, 15) is 0 Å². The van der Waals surface area contributed by atoms with Gasteiger partial charge in [-0.2, -0.15) is 0 Å².